The predicted octanol–water partition coefficient (Wildman–Crippen LogP) is 6.36. The molecule has 0 radical (unpaired) electrons. The van der Waals surface area contributed by atoms with Crippen LogP contribution in [-0.2, 0) is 9.59 Å². The number of rotatable bonds is 12. The van der Waals surface area contributed by atoms with Crippen LogP contribution in [0.4, 0.5) is 0 Å². The van der Waals surface area contributed by atoms with Crippen LogP contribution in [0.5, 0.6) is 0 Å². The first kappa shape index (κ1) is 27.0. The van der Waals surface area contributed by atoms with Gasteiger partial charge in [0.05, 0.1) is 11.6 Å². The van der Waals surface area contributed by atoms with E-state index < -0.39 is 17.7 Å². The Balaban J connectivity index is 1.92. The molecule has 2 aromatic rings. The van der Waals surface area contributed by atoms with Crippen LogP contribution in [-0.4, -0.2) is 52.8 Å². The van der Waals surface area contributed by atoms with Gasteiger partial charge in [-0.25, -0.2) is 0 Å². The lowest BCUT2D eigenvalue weighted by Gasteiger charge is -2.28. The number of aliphatic hydroxyl groups is 1. The highest BCUT2D eigenvalue weighted by atomic mass is 35.5. The minimum atomic E-state index is -0.718. The minimum Gasteiger partial charge on any atom is -0.507 e. The van der Waals surface area contributed by atoms with Gasteiger partial charge >= 0.3 is 0 Å². The van der Waals surface area contributed by atoms with Gasteiger partial charge in [-0.15, -0.1) is 0 Å². The van der Waals surface area contributed by atoms with Crippen LogP contribution in [0.25, 0.3) is 5.76 Å². The normalized spacial score (nSPS) is 17.5. The number of halogens is 1. The second kappa shape index (κ2) is 12.9. The van der Waals surface area contributed by atoms with E-state index in [1.54, 1.807) is 23.1 Å². The average Bonchev–Trinajstić information content (AvgIpc) is 3.10. The largest absolute Gasteiger partial charge is 0.507 e. The molecule has 1 aliphatic heterocycles. The first-order chi connectivity index (χ1) is 16.9. The van der Waals surface area contributed by atoms with Gasteiger partial charge < -0.3 is 14.9 Å². The molecule has 1 heterocycles. The fourth-order valence-corrected chi connectivity index (χ4v) is 4.80. The number of carbonyl (C=O) groups excluding carboxylic acids is 2. The summed E-state index contributed by atoms with van der Waals surface area (Å²) in [5, 5.41) is 11.6. The molecule has 35 heavy (non-hydrogen) atoms. The SMILES string of the molecule is CCCCN(CCCC)CCCN1C(=O)C(=O)C(=C(O)c2ccc(C)cc2)[C@H]1c1ccccc1Cl. The van der Waals surface area contributed by atoms with Crippen molar-refractivity contribution in [3.8, 4) is 0 Å². The average molecular weight is 497 g/mol. The van der Waals surface area contributed by atoms with Gasteiger partial charge in [-0.3, -0.25) is 9.59 Å². The van der Waals surface area contributed by atoms with E-state index in [2.05, 4.69) is 18.7 Å². The van der Waals surface area contributed by atoms with E-state index >= 15 is 0 Å². The maximum absolute atomic E-state index is 13.2. The van der Waals surface area contributed by atoms with E-state index in [1.807, 2.05) is 37.3 Å². The molecule has 1 saturated heterocycles. The number of hydrogen-bond donors (Lipinski definition) is 1. The van der Waals surface area contributed by atoms with Crippen LogP contribution in [0.3, 0.4) is 0 Å². The maximum atomic E-state index is 13.2. The first-order valence-electron chi connectivity index (χ1n) is 12.7. The summed E-state index contributed by atoms with van der Waals surface area (Å²) in [5.74, 6) is -1.41. The highest BCUT2D eigenvalue weighted by molar-refractivity contribution is 6.47. The molecule has 1 atom stereocenters. The molecule has 0 bridgehead atoms. The molecular weight excluding hydrogens is 460 g/mol. The third-order valence-corrected chi connectivity index (χ3v) is 6.94. The molecule has 0 spiro atoms. The number of ketones is 1. The lowest BCUT2D eigenvalue weighted by molar-refractivity contribution is -0.140. The zero-order valence-corrected chi connectivity index (χ0v) is 21.9. The molecule has 3 rings (SSSR count). The predicted molar refractivity (Wildman–Crippen MR) is 143 cm³/mol. The molecular formula is C29H37ClN2O3. The molecule has 5 nitrogen and oxygen atoms in total. The summed E-state index contributed by atoms with van der Waals surface area (Å²) in [6.07, 6.45) is 5.31. The van der Waals surface area contributed by atoms with Crippen molar-refractivity contribution >= 4 is 29.1 Å². The molecule has 2 aromatic carbocycles. The van der Waals surface area contributed by atoms with Crippen molar-refractivity contribution in [2.75, 3.05) is 26.2 Å². The summed E-state index contributed by atoms with van der Waals surface area (Å²) < 4.78 is 0. The van der Waals surface area contributed by atoms with Gasteiger partial charge in [0, 0.05) is 17.1 Å². The highest BCUT2D eigenvalue weighted by Crippen LogP contribution is 2.41. The zero-order valence-electron chi connectivity index (χ0n) is 21.1. The van der Waals surface area contributed by atoms with E-state index in [-0.39, 0.29) is 11.3 Å². The number of aryl methyl sites for hydroxylation is 1. The molecule has 6 heteroatoms. The van der Waals surface area contributed by atoms with Gasteiger partial charge in [-0.1, -0.05) is 86.3 Å². The summed E-state index contributed by atoms with van der Waals surface area (Å²) in [7, 11) is 0. The number of nitrogens with zero attached hydrogens (tertiary/aromatic N) is 2. The highest BCUT2D eigenvalue weighted by Gasteiger charge is 2.46. The van der Waals surface area contributed by atoms with E-state index in [1.165, 1.54) is 0 Å². The van der Waals surface area contributed by atoms with Gasteiger partial charge in [-0.05, 0) is 57.5 Å². The zero-order chi connectivity index (χ0) is 25.4. The van der Waals surface area contributed by atoms with Crippen LogP contribution >= 0.6 is 11.6 Å². The summed E-state index contributed by atoms with van der Waals surface area (Å²) in [4.78, 5) is 30.4. The van der Waals surface area contributed by atoms with Gasteiger partial charge in [0.25, 0.3) is 11.7 Å². The molecule has 1 amide bonds. The summed E-state index contributed by atoms with van der Waals surface area (Å²) in [5.41, 5.74) is 2.30. The quantitative estimate of drug-likeness (QED) is 0.211. The molecule has 0 aliphatic carbocycles. The number of unbranched alkanes of at least 4 members (excludes halogenated alkanes) is 2. The van der Waals surface area contributed by atoms with Crippen LogP contribution in [0.2, 0.25) is 5.02 Å². The Hall–Kier alpha value is -2.63. The Morgan fingerprint density at radius 3 is 2.14 bits per heavy atom. The Morgan fingerprint density at radius 2 is 1.54 bits per heavy atom. The van der Waals surface area contributed by atoms with Gasteiger partial charge in [0.1, 0.15) is 5.76 Å². The van der Waals surface area contributed by atoms with Crippen LogP contribution in [0.15, 0.2) is 54.1 Å². The smallest absolute Gasteiger partial charge is 0.295 e. The van der Waals surface area contributed by atoms with Crippen LogP contribution < -0.4 is 0 Å². The summed E-state index contributed by atoms with van der Waals surface area (Å²) in [6.45, 7) is 9.68. The number of Topliss-reactive ketones (excluding diaryl/α,β-unsaturated/α-hetero) is 1. The number of amides is 1. The van der Waals surface area contributed by atoms with Crippen molar-refractivity contribution in [3.05, 3.63) is 75.8 Å². The molecule has 1 fully saturated rings. The van der Waals surface area contributed by atoms with Crippen molar-refractivity contribution in [1.29, 1.82) is 0 Å². The number of likely N-dealkylation sites (tertiary alicyclic amines) is 1. The van der Waals surface area contributed by atoms with Crippen molar-refractivity contribution in [2.45, 2.75) is 58.9 Å². The van der Waals surface area contributed by atoms with E-state index in [9.17, 15) is 14.7 Å². The topological polar surface area (TPSA) is 60.9 Å². The van der Waals surface area contributed by atoms with Crippen molar-refractivity contribution in [3.63, 3.8) is 0 Å². The molecule has 1 N–H and O–H groups in total. The lowest BCUT2D eigenvalue weighted by atomic mass is 9.95. The Morgan fingerprint density at radius 1 is 0.943 bits per heavy atom. The Bertz CT molecular complexity index is 1040. The van der Waals surface area contributed by atoms with Crippen molar-refractivity contribution < 1.29 is 14.7 Å². The summed E-state index contributed by atoms with van der Waals surface area (Å²) in [6, 6.07) is 13.8. The lowest BCUT2D eigenvalue weighted by Crippen LogP contribution is -2.34. The van der Waals surface area contributed by atoms with Crippen LogP contribution in [0.1, 0.15) is 68.7 Å². The van der Waals surface area contributed by atoms with Crippen LogP contribution in [0, 0.1) is 6.92 Å². The fraction of sp³-hybridized carbons (Fsp3) is 0.448. The van der Waals surface area contributed by atoms with Crippen molar-refractivity contribution in [2.24, 2.45) is 0 Å². The number of benzene rings is 2. The van der Waals surface area contributed by atoms with Crippen molar-refractivity contribution in [1.82, 2.24) is 9.80 Å². The second-order valence-electron chi connectivity index (χ2n) is 9.28. The van der Waals surface area contributed by atoms with E-state index in [0.29, 0.717) is 22.7 Å². The minimum absolute atomic E-state index is 0.0979. The molecule has 1 aliphatic rings. The maximum Gasteiger partial charge on any atom is 0.295 e. The van der Waals surface area contributed by atoms with Gasteiger partial charge in [0.2, 0.25) is 0 Å². The number of carbonyl (C=O) groups is 2. The molecule has 188 valence electrons. The van der Waals surface area contributed by atoms with Gasteiger partial charge in [0.15, 0.2) is 0 Å². The first-order valence-corrected chi connectivity index (χ1v) is 13.1. The third kappa shape index (κ3) is 6.53. The standard InChI is InChI=1S/C29H37ClN2O3/c1-4-6-17-31(18-7-5-2)19-10-20-32-26(23-11-8-9-12-24(23)30)25(28(34)29(32)35)27(33)22-15-13-21(3)14-16-22/h8-9,11-16,26,33H,4-7,10,17-20H2,1-3H3/t26-/m1/s1. The Labute approximate surface area is 214 Å². The monoisotopic (exact) mass is 496 g/mol. The molecule has 0 unspecified atom stereocenters. The van der Waals surface area contributed by atoms with E-state index in [0.717, 1.165) is 57.3 Å². The third-order valence-electron chi connectivity index (χ3n) is 6.59. The molecule has 0 saturated carbocycles. The number of hydrogen-bond acceptors (Lipinski definition) is 4. The molecule has 0 aromatic heterocycles. The fourth-order valence-electron chi connectivity index (χ4n) is 4.56. The Kier molecular flexibility index (Phi) is 9.93. The van der Waals surface area contributed by atoms with Gasteiger partial charge in [-0.2, -0.15) is 0 Å². The van der Waals surface area contributed by atoms with E-state index in [4.69, 9.17) is 11.6 Å². The number of aliphatic hydroxyl groups excluding tert-OH is 1. The summed E-state index contributed by atoms with van der Waals surface area (Å²) >= 11 is 6.54. The second-order valence-corrected chi connectivity index (χ2v) is 9.69.